The fraction of sp³-hybridized carbons (Fsp3) is 0.417. The lowest BCUT2D eigenvalue weighted by molar-refractivity contribution is -0.143. The number of ether oxygens (including phenoxy) is 1. The van der Waals surface area contributed by atoms with E-state index in [4.69, 9.17) is 9.84 Å². The van der Waals surface area contributed by atoms with Gasteiger partial charge in [-0.1, -0.05) is 0 Å². The summed E-state index contributed by atoms with van der Waals surface area (Å²) in [6.07, 6.45) is 0.894. The van der Waals surface area contributed by atoms with Gasteiger partial charge in [0, 0.05) is 19.8 Å². The fourth-order valence-corrected chi connectivity index (χ4v) is 2.50. The van der Waals surface area contributed by atoms with Crippen molar-refractivity contribution in [3.8, 4) is 0 Å². The number of carboxylic acids is 1. The fourth-order valence-electron chi connectivity index (χ4n) is 1.42. The van der Waals surface area contributed by atoms with E-state index in [1.54, 1.807) is 6.92 Å². The third-order valence-electron chi connectivity index (χ3n) is 2.59. The SMILES string of the molecule is CCOC(=O)CCN(C)S(=O)(=O)c1ccc(C(=O)O)cn1. The van der Waals surface area contributed by atoms with Gasteiger partial charge in [-0.3, -0.25) is 4.79 Å². The van der Waals surface area contributed by atoms with Crippen LogP contribution in [-0.4, -0.2) is 55.0 Å². The summed E-state index contributed by atoms with van der Waals surface area (Å²) in [5.74, 6) is -1.68. The first-order chi connectivity index (χ1) is 9.78. The van der Waals surface area contributed by atoms with Gasteiger partial charge in [0.2, 0.25) is 0 Å². The number of aromatic carboxylic acids is 1. The number of pyridine rings is 1. The van der Waals surface area contributed by atoms with Crippen LogP contribution in [0.5, 0.6) is 0 Å². The maximum Gasteiger partial charge on any atom is 0.337 e. The number of hydrogen-bond acceptors (Lipinski definition) is 6. The molecule has 116 valence electrons. The Morgan fingerprint density at radius 1 is 1.38 bits per heavy atom. The summed E-state index contributed by atoms with van der Waals surface area (Å²) < 4.78 is 30.0. The molecule has 0 fully saturated rings. The highest BCUT2D eigenvalue weighted by atomic mass is 32.2. The number of carbonyl (C=O) groups excluding carboxylic acids is 1. The van der Waals surface area contributed by atoms with E-state index in [0.29, 0.717) is 0 Å². The van der Waals surface area contributed by atoms with Gasteiger partial charge in [-0.25, -0.2) is 18.2 Å². The van der Waals surface area contributed by atoms with Crippen LogP contribution >= 0.6 is 0 Å². The molecule has 0 saturated carbocycles. The van der Waals surface area contributed by atoms with Crippen molar-refractivity contribution in [2.45, 2.75) is 18.4 Å². The van der Waals surface area contributed by atoms with Crippen molar-refractivity contribution >= 4 is 22.0 Å². The van der Waals surface area contributed by atoms with Gasteiger partial charge in [0.15, 0.2) is 5.03 Å². The Kier molecular flexibility index (Phi) is 5.79. The summed E-state index contributed by atoms with van der Waals surface area (Å²) in [5.41, 5.74) is -0.108. The maximum atomic E-state index is 12.1. The number of carbonyl (C=O) groups is 2. The van der Waals surface area contributed by atoms with Crippen molar-refractivity contribution in [1.82, 2.24) is 9.29 Å². The number of sulfonamides is 1. The van der Waals surface area contributed by atoms with Crippen molar-refractivity contribution in [2.75, 3.05) is 20.2 Å². The molecule has 0 aliphatic rings. The zero-order valence-corrected chi connectivity index (χ0v) is 12.5. The molecule has 1 N–H and O–H groups in total. The summed E-state index contributed by atoms with van der Waals surface area (Å²) in [4.78, 5) is 25.5. The Hall–Kier alpha value is -2.00. The second-order valence-corrected chi connectivity index (χ2v) is 6.06. The van der Waals surface area contributed by atoms with Crippen molar-refractivity contribution in [1.29, 1.82) is 0 Å². The zero-order valence-electron chi connectivity index (χ0n) is 11.6. The molecule has 0 aromatic carbocycles. The topological polar surface area (TPSA) is 114 Å². The molecule has 0 saturated heterocycles. The first-order valence-corrected chi connectivity index (χ1v) is 7.54. The standard InChI is InChI=1S/C12H16N2O6S/c1-3-20-11(15)6-7-14(2)21(18,19)10-5-4-9(8-13-10)12(16)17/h4-5,8H,3,6-7H2,1-2H3,(H,16,17). The average molecular weight is 316 g/mol. The minimum Gasteiger partial charge on any atom is -0.478 e. The predicted octanol–water partition coefficient (Wildman–Crippen LogP) is 0.353. The monoisotopic (exact) mass is 316 g/mol. The van der Waals surface area contributed by atoms with E-state index >= 15 is 0 Å². The van der Waals surface area contributed by atoms with Crippen LogP contribution in [0, 0.1) is 0 Å². The van der Waals surface area contributed by atoms with Crippen LogP contribution in [0.25, 0.3) is 0 Å². The molecule has 21 heavy (non-hydrogen) atoms. The molecule has 8 nitrogen and oxygen atoms in total. The second kappa shape index (κ2) is 7.14. The van der Waals surface area contributed by atoms with Crippen LogP contribution in [-0.2, 0) is 19.6 Å². The molecule has 0 aliphatic carbocycles. The van der Waals surface area contributed by atoms with E-state index < -0.39 is 22.0 Å². The molecule has 0 aliphatic heterocycles. The lowest BCUT2D eigenvalue weighted by atomic mass is 10.3. The summed E-state index contributed by atoms with van der Waals surface area (Å²) in [6, 6.07) is 2.26. The highest BCUT2D eigenvalue weighted by molar-refractivity contribution is 7.89. The quantitative estimate of drug-likeness (QED) is 0.722. The van der Waals surface area contributed by atoms with Crippen LogP contribution in [0.15, 0.2) is 23.4 Å². The minimum atomic E-state index is -3.87. The Labute approximate surface area is 122 Å². The Bertz CT molecular complexity index is 611. The van der Waals surface area contributed by atoms with Gasteiger partial charge in [-0.15, -0.1) is 0 Å². The molecule has 0 spiro atoms. The van der Waals surface area contributed by atoms with Crippen molar-refractivity contribution < 1.29 is 27.9 Å². The minimum absolute atomic E-state index is 0.0521. The number of aromatic nitrogens is 1. The molecular formula is C12H16N2O6S. The third-order valence-corrected chi connectivity index (χ3v) is 4.37. The van der Waals surface area contributed by atoms with E-state index in [9.17, 15) is 18.0 Å². The normalized spacial score (nSPS) is 11.4. The van der Waals surface area contributed by atoms with Gasteiger partial charge >= 0.3 is 11.9 Å². The molecule has 0 radical (unpaired) electrons. The van der Waals surface area contributed by atoms with Crippen LogP contribution in [0.3, 0.4) is 0 Å². The maximum absolute atomic E-state index is 12.1. The average Bonchev–Trinajstić information content (AvgIpc) is 2.45. The number of nitrogens with zero attached hydrogens (tertiary/aromatic N) is 2. The van der Waals surface area contributed by atoms with Gasteiger partial charge in [-0.05, 0) is 19.1 Å². The Morgan fingerprint density at radius 2 is 2.05 bits per heavy atom. The summed E-state index contributed by atoms with van der Waals surface area (Å²) in [6.45, 7) is 1.84. The summed E-state index contributed by atoms with van der Waals surface area (Å²) in [7, 11) is -2.56. The van der Waals surface area contributed by atoms with E-state index in [2.05, 4.69) is 4.98 Å². The highest BCUT2D eigenvalue weighted by Crippen LogP contribution is 2.12. The first kappa shape index (κ1) is 17.1. The molecule has 1 aromatic rings. The van der Waals surface area contributed by atoms with Gasteiger partial charge < -0.3 is 9.84 Å². The molecule has 0 amide bonds. The molecule has 0 bridgehead atoms. The molecule has 1 rings (SSSR count). The lowest BCUT2D eigenvalue weighted by Crippen LogP contribution is -2.30. The van der Waals surface area contributed by atoms with Crippen molar-refractivity contribution in [3.05, 3.63) is 23.9 Å². The van der Waals surface area contributed by atoms with Crippen LogP contribution in [0.4, 0.5) is 0 Å². The van der Waals surface area contributed by atoms with E-state index in [-0.39, 0.29) is 30.2 Å². The number of carboxylic acid groups (broad SMARTS) is 1. The van der Waals surface area contributed by atoms with Gasteiger partial charge in [-0.2, -0.15) is 4.31 Å². The predicted molar refractivity (Wildman–Crippen MR) is 72.3 cm³/mol. The molecule has 0 unspecified atom stereocenters. The summed E-state index contributed by atoms with van der Waals surface area (Å²) in [5, 5.41) is 8.45. The van der Waals surface area contributed by atoms with Gasteiger partial charge in [0.1, 0.15) is 0 Å². The largest absolute Gasteiger partial charge is 0.478 e. The number of esters is 1. The highest BCUT2D eigenvalue weighted by Gasteiger charge is 2.23. The van der Waals surface area contributed by atoms with Gasteiger partial charge in [0.25, 0.3) is 10.0 Å². The molecule has 0 atom stereocenters. The van der Waals surface area contributed by atoms with Gasteiger partial charge in [0.05, 0.1) is 18.6 Å². The second-order valence-electron chi connectivity index (χ2n) is 4.07. The summed E-state index contributed by atoms with van der Waals surface area (Å²) >= 11 is 0. The lowest BCUT2D eigenvalue weighted by Gasteiger charge is -2.16. The smallest absolute Gasteiger partial charge is 0.337 e. The molecule has 1 aromatic heterocycles. The van der Waals surface area contributed by atoms with Crippen molar-refractivity contribution in [3.63, 3.8) is 0 Å². The Balaban J connectivity index is 2.79. The van der Waals surface area contributed by atoms with Crippen LogP contribution < -0.4 is 0 Å². The third kappa shape index (κ3) is 4.50. The van der Waals surface area contributed by atoms with Crippen LogP contribution in [0.2, 0.25) is 0 Å². The molecule has 9 heteroatoms. The van der Waals surface area contributed by atoms with E-state index in [0.717, 1.165) is 22.6 Å². The van der Waals surface area contributed by atoms with Crippen LogP contribution in [0.1, 0.15) is 23.7 Å². The first-order valence-electron chi connectivity index (χ1n) is 6.10. The molecular weight excluding hydrogens is 300 g/mol. The van der Waals surface area contributed by atoms with Crippen molar-refractivity contribution in [2.24, 2.45) is 0 Å². The van der Waals surface area contributed by atoms with E-state index in [1.807, 2.05) is 0 Å². The van der Waals surface area contributed by atoms with E-state index in [1.165, 1.54) is 7.05 Å². The Morgan fingerprint density at radius 3 is 2.52 bits per heavy atom. The zero-order chi connectivity index (χ0) is 16.0. The molecule has 1 heterocycles. The number of rotatable bonds is 7. The number of hydrogen-bond donors (Lipinski definition) is 1.